The van der Waals surface area contributed by atoms with Gasteiger partial charge in [-0.2, -0.15) is 0 Å². The molecule has 0 radical (unpaired) electrons. The maximum Gasteiger partial charge on any atom is 0.262 e. The first kappa shape index (κ1) is 18.5. The molecule has 2 aromatic rings. The van der Waals surface area contributed by atoms with Crippen LogP contribution < -0.4 is 15.4 Å². The van der Waals surface area contributed by atoms with E-state index in [2.05, 4.69) is 17.6 Å². The summed E-state index contributed by atoms with van der Waals surface area (Å²) in [5.41, 5.74) is 2.28. The van der Waals surface area contributed by atoms with E-state index in [4.69, 9.17) is 4.74 Å². The summed E-state index contributed by atoms with van der Waals surface area (Å²) in [6.07, 6.45) is 0.960. The van der Waals surface area contributed by atoms with Gasteiger partial charge >= 0.3 is 0 Å². The van der Waals surface area contributed by atoms with E-state index in [0.717, 1.165) is 6.42 Å². The van der Waals surface area contributed by atoms with Gasteiger partial charge in [0.25, 0.3) is 11.8 Å². The quantitative estimate of drug-likeness (QED) is 0.812. The lowest BCUT2D eigenvalue weighted by Gasteiger charge is -2.11. The van der Waals surface area contributed by atoms with Crippen LogP contribution in [0.5, 0.6) is 5.75 Å². The van der Waals surface area contributed by atoms with Gasteiger partial charge in [0.15, 0.2) is 6.61 Å². The van der Waals surface area contributed by atoms with Crippen LogP contribution in [0.25, 0.3) is 0 Å². The van der Waals surface area contributed by atoms with Crippen LogP contribution in [0.1, 0.15) is 36.7 Å². The standard InChI is InChI=1S/C20H24N2O3/c1-4-15-8-10-18(11-9-15)25-13-19(23)22-17-7-5-6-16(12-17)20(24)21-14(2)3/h5-12,14H,4,13H2,1-3H3,(H,21,24)(H,22,23). The lowest BCUT2D eigenvalue weighted by atomic mass is 10.1. The minimum atomic E-state index is -0.277. The van der Waals surface area contributed by atoms with Crippen molar-refractivity contribution in [3.8, 4) is 5.75 Å². The van der Waals surface area contributed by atoms with Crippen molar-refractivity contribution in [2.45, 2.75) is 33.2 Å². The molecule has 0 spiro atoms. The van der Waals surface area contributed by atoms with Gasteiger partial charge in [-0.15, -0.1) is 0 Å². The third-order valence-electron chi connectivity index (χ3n) is 3.53. The highest BCUT2D eigenvalue weighted by molar-refractivity contribution is 5.97. The SMILES string of the molecule is CCc1ccc(OCC(=O)Nc2cccc(C(=O)NC(C)C)c2)cc1. The Labute approximate surface area is 148 Å². The number of aryl methyl sites for hydroxylation is 1. The molecule has 0 bridgehead atoms. The van der Waals surface area contributed by atoms with Crippen LogP contribution >= 0.6 is 0 Å². The average molecular weight is 340 g/mol. The molecule has 0 aromatic heterocycles. The summed E-state index contributed by atoms with van der Waals surface area (Å²) in [7, 11) is 0. The Morgan fingerprint density at radius 2 is 1.80 bits per heavy atom. The highest BCUT2D eigenvalue weighted by Crippen LogP contribution is 2.14. The molecular formula is C20H24N2O3. The van der Waals surface area contributed by atoms with Crippen molar-refractivity contribution in [3.05, 3.63) is 59.7 Å². The number of hydrogen-bond donors (Lipinski definition) is 2. The number of benzene rings is 2. The van der Waals surface area contributed by atoms with Crippen molar-refractivity contribution >= 4 is 17.5 Å². The zero-order valence-electron chi connectivity index (χ0n) is 14.8. The van der Waals surface area contributed by atoms with Gasteiger partial charge in [0.2, 0.25) is 0 Å². The first-order valence-electron chi connectivity index (χ1n) is 8.40. The van der Waals surface area contributed by atoms with Gasteiger partial charge < -0.3 is 15.4 Å². The van der Waals surface area contributed by atoms with Gasteiger partial charge in [-0.1, -0.05) is 25.1 Å². The smallest absolute Gasteiger partial charge is 0.262 e. The molecule has 25 heavy (non-hydrogen) atoms. The van der Waals surface area contributed by atoms with Crippen LogP contribution in [0.3, 0.4) is 0 Å². The maximum absolute atomic E-state index is 12.0. The Bertz CT molecular complexity index is 724. The van der Waals surface area contributed by atoms with Crippen LogP contribution in [0.4, 0.5) is 5.69 Å². The van der Waals surface area contributed by atoms with E-state index in [1.807, 2.05) is 38.1 Å². The molecule has 0 saturated heterocycles. The van der Waals surface area contributed by atoms with Crippen molar-refractivity contribution in [2.24, 2.45) is 0 Å². The topological polar surface area (TPSA) is 67.4 Å². The Balaban J connectivity index is 1.90. The molecule has 0 atom stereocenters. The van der Waals surface area contributed by atoms with Crippen molar-refractivity contribution in [3.63, 3.8) is 0 Å². The molecule has 5 heteroatoms. The lowest BCUT2D eigenvalue weighted by molar-refractivity contribution is -0.118. The summed E-state index contributed by atoms with van der Waals surface area (Å²) in [4.78, 5) is 24.0. The summed E-state index contributed by atoms with van der Waals surface area (Å²) in [5.74, 6) is 0.205. The second-order valence-corrected chi connectivity index (χ2v) is 6.04. The van der Waals surface area contributed by atoms with Gasteiger partial charge in [-0.3, -0.25) is 9.59 Å². The number of carbonyl (C=O) groups excluding carboxylic acids is 2. The summed E-state index contributed by atoms with van der Waals surface area (Å²) < 4.78 is 5.48. The van der Waals surface area contributed by atoms with Crippen LogP contribution in [0.15, 0.2) is 48.5 Å². The number of carbonyl (C=O) groups is 2. The fourth-order valence-electron chi connectivity index (χ4n) is 2.25. The fourth-order valence-corrected chi connectivity index (χ4v) is 2.25. The highest BCUT2D eigenvalue weighted by Gasteiger charge is 2.09. The Kier molecular flexibility index (Phi) is 6.57. The van der Waals surface area contributed by atoms with Gasteiger partial charge in [0, 0.05) is 17.3 Å². The Morgan fingerprint density at radius 1 is 1.08 bits per heavy atom. The normalized spacial score (nSPS) is 10.4. The zero-order valence-corrected chi connectivity index (χ0v) is 14.8. The van der Waals surface area contributed by atoms with Crippen molar-refractivity contribution in [1.29, 1.82) is 0 Å². The molecule has 0 unspecified atom stereocenters. The minimum Gasteiger partial charge on any atom is -0.484 e. The molecule has 2 aromatic carbocycles. The summed E-state index contributed by atoms with van der Waals surface area (Å²) >= 11 is 0. The Hall–Kier alpha value is -2.82. The van der Waals surface area contributed by atoms with Gasteiger partial charge in [0.05, 0.1) is 0 Å². The van der Waals surface area contributed by atoms with Gasteiger partial charge in [-0.05, 0) is 56.2 Å². The Morgan fingerprint density at radius 3 is 2.44 bits per heavy atom. The number of hydrogen-bond acceptors (Lipinski definition) is 3. The molecule has 5 nitrogen and oxygen atoms in total. The second-order valence-electron chi connectivity index (χ2n) is 6.04. The first-order chi connectivity index (χ1) is 12.0. The molecule has 0 aliphatic rings. The van der Waals surface area contributed by atoms with Crippen molar-refractivity contribution in [1.82, 2.24) is 5.32 Å². The van der Waals surface area contributed by atoms with E-state index in [1.165, 1.54) is 5.56 Å². The van der Waals surface area contributed by atoms with Crippen LogP contribution in [-0.2, 0) is 11.2 Å². The van der Waals surface area contributed by atoms with Crippen LogP contribution in [-0.4, -0.2) is 24.5 Å². The average Bonchev–Trinajstić information content (AvgIpc) is 2.60. The summed E-state index contributed by atoms with van der Waals surface area (Å²) in [6, 6.07) is 14.5. The zero-order chi connectivity index (χ0) is 18.2. The number of rotatable bonds is 7. The summed E-state index contributed by atoms with van der Waals surface area (Å²) in [5, 5.41) is 5.56. The summed E-state index contributed by atoms with van der Waals surface area (Å²) in [6.45, 7) is 5.79. The number of anilines is 1. The van der Waals surface area contributed by atoms with E-state index in [-0.39, 0.29) is 24.5 Å². The van der Waals surface area contributed by atoms with Gasteiger partial charge in [0.1, 0.15) is 5.75 Å². The predicted octanol–water partition coefficient (Wildman–Crippen LogP) is 3.40. The second kappa shape index (κ2) is 8.87. The number of ether oxygens (including phenoxy) is 1. The fraction of sp³-hybridized carbons (Fsp3) is 0.300. The molecule has 0 fully saturated rings. The molecule has 2 rings (SSSR count). The third kappa shape index (κ3) is 5.95. The first-order valence-corrected chi connectivity index (χ1v) is 8.40. The molecule has 0 heterocycles. The monoisotopic (exact) mass is 340 g/mol. The number of nitrogens with one attached hydrogen (secondary N) is 2. The molecule has 0 aliphatic carbocycles. The van der Waals surface area contributed by atoms with Gasteiger partial charge in [-0.25, -0.2) is 0 Å². The maximum atomic E-state index is 12.0. The largest absolute Gasteiger partial charge is 0.484 e. The molecule has 2 N–H and O–H groups in total. The predicted molar refractivity (Wildman–Crippen MR) is 99.0 cm³/mol. The molecular weight excluding hydrogens is 316 g/mol. The third-order valence-corrected chi connectivity index (χ3v) is 3.53. The van der Waals surface area contributed by atoms with Crippen LogP contribution in [0.2, 0.25) is 0 Å². The van der Waals surface area contributed by atoms with Crippen molar-refractivity contribution < 1.29 is 14.3 Å². The van der Waals surface area contributed by atoms with E-state index in [0.29, 0.717) is 17.0 Å². The van der Waals surface area contributed by atoms with E-state index in [1.54, 1.807) is 24.3 Å². The lowest BCUT2D eigenvalue weighted by Crippen LogP contribution is -2.30. The minimum absolute atomic E-state index is 0.0539. The number of amides is 2. The molecule has 0 aliphatic heterocycles. The highest BCUT2D eigenvalue weighted by atomic mass is 16.5. The van der Waals surface area contributed by atoms with E-state index >= 15 is 0 Å². The molecule has 2 amide bonds. The van der Waals surface area contributed by atoms with E-state index in [9.17, 15) is 9.59 Å². The molecule has 0 saturated carbocycles. The van der Waals surface area contributed by atoms with Crippen LogP contribution in [0, 0.1) is 0 Å². The molecule has 132 valence electrons. The van der Waals surface area contributed by atoms with Crippen molar-refractivity contribution in [2.75, 3.05) is 11.9 Å². The van der Waals surface area contributed by atoms with E-state index < -0.39 is 0 Å².